The number of benzene rings is 1. The summed E-state index contributed by atoms with van der Waals surface area (Å²) in [6, 6.07) is 8.96. The van der Waals surface area contributed by atoms with Crippen molar-refractivity contribution in [3.63, 3.8) is 0 Å². The Morgan fingerprint density at radius 2 is 1.77 bits per heavy atom. The van der Waals surface area contributed by atoms with E-state index in [1.807, 2.05) is 11.7 Å². The molecule has 1 aliphatic heterocycles. The third kappa shape index (κ3) is 6.18. The zero-order valence-corrected chi connectivity index (χ0v) is 18.6. The zero-order valence-electron chi connectivity index (χ0n) is 18.6. The van der Waals surface area contributed by atoms with Gasteiger partial charge < -0.3 is 5.32 Å². The predicted molar refractivity (Wildman–Crippen MR) is 120 cm³/mol. The van der Waals surface area contributed by atoms with Crippen molar-refractivity contribution in [3.05, 3.63) is 52.8 Å². The van der Waals surface area contributed by atoms with Crippen molar-refractivity contribution in [2.75, 3.05) is 19.6 Å². The molecule has 0 radical (unpaired) electrons. The topological polar surface area (TPSA) is 50.2 Å². The smallest absolute Gasteiger partial charge is 0.220 e. The average molecular weight is 409 g/mol. The molecule has 1 aromatic carbocycles. The van der Waals surface area contributed by atoms with Gasteiger partial charge in [-0.25, -0.2) is 0 Å². The van der Waals surface area contributed by atoms with Crippen LogP contribution in [0.1, 0.15) is 54.5 Å². The molecule has 1 amide bonds. The summed E-state index contributed by atoms with van der Waals surface area (Å²) >= 11 is 0. The average Bonchev–Trinajstić information content (AvgIpc) is 3.51. The number of nitrogens with zero attached hydrogens (tertiary/aromatic N) is 3. The molecule has 2 fully saturated rings. The van der Waals surface area contributed by atoms with Crippen molar-refractivity contribution in [3.8, 4) is 0 Å². The number of hydrogen-bond acceptors (Lipinski definition) is 3. The summed E-state index contributed by atoms with van der Waals surface area (Å²) in [6.07, 6.45) is 9.85. The Morgan fingerprint density at radius 1 is 1.07 bits per heavy atom. The van der Waals surface area contributed by atoms with Crippen LogP contribution >= 0.6 is 0 Å². The van der Waals surface area contributed by atoms with Gasteiger partial charge >= 0.3 is 0 Å². The molecule has 1 aliphatic carbocycles. The van der Waals surface area contributed by atoms with E-state index in [1.54, 1.807) is 0 Å². The maximum absolute atomic E-state index is 11.9. The molecule has 5 heteroatoms. The molecule has 2 aliphatic rings. The van der Waals surface area contributed by atoms with Crippen molar-refractivity contribution in [2.24, 2.45) is 18.9 Å². The van der Waals surface area contributed by atoms with E-state index in [9.17, 15) is 4.79 Å². The zero-order chi connectivity index (χ0) is 20.9. The van der Waals surface area contributed by atoms with Gasteiger partial charge in [-0.3, -0.25) is 14.4 Å². The van der Waals surface area contributed by atoms with Crippen LogP contribution in [0.25, 0.3) is 0 Å². The van der Waals surface area contributed by atoms with E-state index >= 15 is 0 Å². The minimum absolute atomic E-state index is 0.194. The monoisotopic (exact) mass is 408 g/mol. The van der Waals surface area contributed by atoms with Crippen LogP contribution < -0.4 is 5.32 Å². The second-order valence-corrected chi connectivity index (χ2v) is 9.40. The Labute approximate surface area is 180 Å². The van der Waals surface area contributed by atoms with Gasteiger partial charge in [-0.1, -0.05) is 24.3 Å². The first-order chi connectivity index (χ1) is 14.5. The molecule has 0 unspecified atom stereocenters. The number of likely N-dealkylation sites (tertiary alicyclic amines) is 1. The minimum atomic E-state index is 0.194. The normalized spacial score (nSPS) is 17.9. The molecular formula is C25H36N4O. The fraction of sp³-hybridized carbons (Fsp3) is 0.600. The molecule has 0 atom stereocenters. The molecule has 30 heavy (non-hydrogen) atoms. The first-order valence-electron chi connectivity index (χ1n) is 11.6. The largest absolute Gasteiger partial charge is 0.356 e. The highest BCUT2D eigenvalue weighted by Gasteiger charge is 2.22. The molecule has 0 spiro atoms. The van der Waals surface area contributed by atoms with E-state index in [2.05, 4.69) is 52.7 Å². The van der Waals surface area contributed by atoms with Crippen LogP contribution in [0.3, 0.4) is 0 Å². The Balaban J connectivity index is 1.17. The van der Waals surface area contributed by atoms with E-state index in [-0.39, 0.29) is 5.91 Å². The van der Waals surface area contributed by atoms with Crippen molar-refractivity contribution in [1.82, 2.24) is 20.0 Å². The number of carbonyl (C=O) groups excluding carboxylic acids is 1. The molecule has 1 aromatic heterocycles. The van der Waals surface area contributed by atoms with Crippen LogP contribution in [0.2, 0.25) is 0 Å². The van der Waals surface area contributed by atoms with Gasteiger partial charge in [0.2, 0.25) is 5.91 Å². The predicted octanol–water partition coefficient (Wildman–Crippen LogP) is 3.64. The van der Waals surface area contributed by atoms with Crippen molar-refractivity contribution in [2.45, 2.75) is 58.4 Å². The maximum atomic E-state index is 11.9. The number of carbonyl (C=O) groups is 1. The quantitative estimate of drug-likeness (QED) is 0.689. The standard InChI is InChI=1S/C25H36N4O/c1-19-24(17-28(2)27-19)18-29-13-11-22(12-14-29)15-21-5-3-20(4-6-21)9-10-25(30)26-16-23-7-8-23/h3-6,17,22-23H,7-16,18H2,1-2H3,(H,26,30). The number of aryl methyl sites for hydroxylation is 3. The molecule has 5 nitrogen and oxygen atoms in total. The maximum Gasteiger partial charge on any atom is 0.220 e. The molecule has 162 valence electrons. The van der Waals surface area contributed by atoms with Gasteiger partial charge in [-0.2, -0.15) is 5.10 Å². The van der Waals surface area contributed by atoms with Gasteiger partial charge in [0.15, 0.2) is 0 Å². The third-order valence-electron chi connectivity index (χ3n) is 6.69. The molecule has 4 rings (SSSR count). The van der Waals surface area contributed by atoms with E-state index in [0.29, 0.717) is 6.42 Å². The van der Waals surface area contributed by atoms with Gasteiger partial charge in [-0.15, -0.1) is 0 Å². The van der Waals surface area contributed by atoms with Crippen molar-refractivity contribution >= 4 is 5.91 Å². The van der Waals surface area contributed by atoms with Gasteiger partial charge in [0.1, 0.15) is 0 Å². The van der Waals surface area contributed by atoms with E-state index < -0.39 is 0 Å². The Hall–Kier alpha value is -2.14. The lowest BCUT2D eigenvalue weighted by atomic mass is 9.89. The number of aromatic nitrogens is 2. The molecule has 1 saturated carbocycles. The van der Waals surface area contributed by atoms with Crippen LogP contribution in [0.15, 0.2) is 30.5 Å². The molecule has 2 aromatic rings. The van der Waals surface area contributed by atoms with Gasteiger partial charge in [0.25, 0.3) is 0 Å². The Morgan fingerprint density at radius 3 is 2.40 bits per heavy atom. The second-order valence-electron chi connectivity index (χ2n) is 9.40. The van der Waals surface area contributed by atoms with Gasteiger partial charge in [0.05, 0.1) is 5.69 Å². The first kappa shape index (κ1) is 21.1. The summed E-state index contributed by atoms with van der Waals surface area (Å²) in [5.74, 6) is 1.72. The van der Waals surface area contributed by atoms with E-state index in [0.717, 1.165) is 37.0 Å². The van der Waals surface area contributed by atoms with Crippen molar-refractivity contribution < 1.29 is 4.79 Å². The second kappa shape index (κ2) is 9.78. The first-order valence-corrected chi connectivity index (χ1v) is 11.6. The summed E-state index contributed by atoms with van der Waals surface area (Å²) in [7, 11) is 2.00. The van der Waals surface area contributed by atoms with Crippen LogP contribution in [-0.2, 0) is 31.2 Å². The fourth-order valence-electron chi connectivity index (χ4n) is 4.50. The van der Waals surface area contributed by atoms with E-state index in [4.69, 9.17) is 0 Å². The molecular weight excluding hydrogens is 372 g/mol. The highest BCUT2D eigenvalue weighted by Crippen LogP contribution is 2.27. The molecule has 1 saturated heterocycles. The summed E-state index contributed by atoms with van der Waals surface area (Å²) in [5, 5.41) is 7.52. The van der Waals surface area contributed by atoms with Gasteiger partial charge in [0, 0.05) is 38.3 Å². The van der Waals surface area contributed by atoms with Crippen LogP contribution in [0.5, 0.6) is 0 Å². The summed E-state index contributed by atoms with van der Waals surface area (Å²) in [4.78, 5) is 14.5. The third-order valence-corrected chi connectivity index (χ3v) is 6.69. The lowest BCUT2D eigenvalue weighted by molar-refractivity contribution is -0.121. The van der Waals surface area contributed by atoms with E-state index in [1.165, 1.54) is 61.9 Å². The number of piperidine rings is 1. The molecule has 0 bridgehead atoms. The summed E-state index contributed by atoms with van der Waals surface area (Å²) in [5.41, 5.74) is 5.20. The Kier molecular flexibility index (Phi) is 6.88. The van der Waals surface area contributed by atoms with Gasteiger partial charge in [-0.05, 0) is 81.5 Å². The summed E-state index contributed by atoms with van der Waals surface area (Å²) in [6.45, 7) is 6.35. The van der Waals surface area contributed by atoms with Crippen LogP contribution in [0.4, 0.5) is 0 Å². The number of rotatable bonds is 9. The SMILES string of the molecule is Cc1nn(C)cc1CN1CCC(Cc2ccc(CCC(=O)NCC3CC3)cc2)CC1. The highest BCUT2D eigenvalue weighted by atomic mass is 16.1. The number of nitrogens with one attached hydrogen (secondary N) is 1. The van der Waals surface area contributed by atoms with Crippen LogP contribution in [0, 0.1) is 18.8 Å². The fourth-order valence-corrected chi connectivity index (χ4v) is 4.50. The number of amides is 1. The highest BCUT2D eigenvalue weighted by molar-refractivity contribution is 5.76. The lowest BCUT2D eigenvalue weighted by Gasteiger charge is -2.32. The van der Waals surface area contributed by atoms with Crippen molar-refractivity contribution in [1.29, 1.82) is 0 Å². The molecule has 1 N–H and O–H groups in total. The summed E-state index contributed by atoms with van der Waals surface area (Å²) < 4.78 is 1.92. The van der Waals surface area contributed by atoms with Crippen LogP contribution in [-0.4, -0.2) is 40.2 Å². The molecule has 2 heterocycles. The number of hydrogen-bond donors (Lipinski definition) is 1. The minimum Gasteiger partial charge on any atom is -0.356 e. The Bertz CT molecular complexity index is 829. The lowest BCUT2D eigenvalue weighted by Crippen LogP contribution is -2.33.